The van der Waals surface area contributed by atoms with Crippen LogP contribution in [0.3, 0.4) is 0 Å². The van der Waals surface area contributed by atoms with Crippen molar-refractivity contribution in [1.82, 2.24) is 0 Å². The number of nitrogens with one attached hydrogen (secondary N) is 1. The summed E-state index contributed by atoms with van der Waals surface area (Å²) in [5.41, 5.74) is 3.32. The highest BCUT2D eigenvalue weighted by atomic mass is 16.6. The lowest BCUT2D eigenvalue weighted by Gasteiger charge is -2.07. The van der Waals surface area contributed by atoms with Gasteiger partial charge in [0, 0.05) is 40.7 Å². The second kappa shape index (κ2) is 5.79. The number of para-hydroxylation sites is 1. The molecule has 2 aliphatic rings. The summed E-state index contributed by atoms with van der Waals surface area (Å²) in [5, 5.41) is 21.8. The number of rotatable bonds is 3. The van der Waals surface area contributed by atoms with Crippen molar-refractivity contribution in [2.45, 2.75) is 0 Å². The Morgan fingerprint density at radius 2 is 2.00 bits per heavy atom. The summed E-state index contributed by atoms with van der Waals surface area (Å²) in [4.78, 5) is 22.8. The van der Waals surface area contributed by atoms with Crippen LogP contribution in [-0.4, -0.2) is 22.8 Å². The summed E-state index contributed by atoms with van der Waals surface area (Å²) in [7, 11) is 0. The maximum atomic E-state index is 12.3. The molecule has 7 heteroatoms. The standard InChI is InChI=1S/C18H12N4O3/c23-18-15(14-6-1-2-7-16(14)20-18)9-12-10-19-21-17(12)11-4-3-5-13(8-11)22(24)25/h1-10,12H,(H,20,23)/b15-9-. The molecule has 0 aromatic heterocycles. The van der Waals surface area contributed by atoms with Gasteiger partial charge in [0.15, 0.2) is 0 Å². The predicted molar refractivity (Wildman–Crippen MR) is 94.7 cm³/mol. The number of non-ortho nitro benzene ring substituents is 1. The van der Waals surface area contributed by atoms with Crippen LogP contribution in [0.5, 0.6) is 0 Å². The van der Waals surface area contributed by atoms with Crippen LogP contribution in [0.1, 0.15) is 11.1 Å². The van der Waals surface area contributed by atoms with Gasteiger partial charge in [0.25, 0.3) is 11.6 Å². The Morgan fingerprint density at radius 3 is 2.84 bits per heavy atom. The Morgan fingerprint density at radius 1 is 1.16 bits per heavy atom. The van der Waals surface area contributed by atoms with Gasteiger partial charge in [-0.1, -0.05) is 36.4 Å². The van der Waals surface area contributed by atoms with E-state index in [2.05, 4.69) is 15.5 Å². The van der Waals surface area contributed by atoms with Gasteiger partial charge in [0.2, 0.25) is 0 Å². The summed E-state index contributed by atoms with van der Waals surface area (Å²) >= 11 is 0. The third-order valence-corrected chi connectivity index (χ3v) is 4.12. The van der Waals surface area contributed by atoms with E-state index in [0.717, 1.165) is 11.3 Å². The van der Waals surface area contributed by atoms with Crippen LogP contribution in [-0.2, 0) is 4.79 Å². The number of benzene rings is 2. The van der Waals surface area contributed by atoms with Crippen LogP contribution >= 0.6 is 0 Å². The Labute approximate surface area is 142 Å². The van der Waals surface area contributed by atoms with Crippen molar-refractivity contribution < 1.29 is 9.72 Å². The third-order valence-electron chi connectivity index (χ3n) is 4.12. The topological polar surface area (TPSA) is 97.0 Å². The molecule has 0 spiro atoms. The summed E-state index contributed by atoms with van der Waals surface area (Å²) in [6.07, 6.45) is 3.41. The molecule has 2 aromatic rings. The number of fused-ring (bicyclic) bond motifs is 1. The smallest absolute Gasteiger partial charge is 0.270 e. The normalized spacial score (nSPS) is 19.7. The van der Waals surface area contributed by atoms with Crippen molar-refractivity contribution in [1.29, 1.82) is 0 Å². The first kappa shape index (κ1) is 14.9. The quantitative estimate of drug-likeness (QED) is 0.531. The van der Waals surface area contributed by atoms with Crippen LogP contribution in [0.15, 0.2) is 64.8 Å². The van der Waals surface area contributed by atoms with E-state index in [1.54, 1.807) is 24.4 Å². The molecule has 7 nitrogen and oxygen atoms in total. The summed E-state index contributed by atoms with van der Waals surface area (Å²) in [6.45, 7) is 0. The highest BCUT2D eigenvalue weighted by Crippen LogP contribution is 2.33. The minimum atomic E-state index is -0.450. The zero-order valence-corrected chi connectivity index (χ0v) is 12.9. The molecular formula is C18H12N4O3. The lowest BCUT2D eigenvalue weighted by molar-refractivity contribution is -0.384. The number of anilines is 1. The van der Waals surface area contributed by atoms with Crippen molar-refractivity contribution in [3.63, 3.8) is 0 Å². The number of nitrogens with zero attached hydrogens (tertiary/aromatic N) is 3. The highest BCUT2D eigenvalue weighted by Gasteiger charge is 2.27. The van der Waals surface area contributed by atoms with Gasteiger partial charge >= 0.3 is 0 Å². The van der Waals surface area contributed by atoms with Crippen molar-refractivity contribution in [2.75, 3.05) is 5.32 Å². The number of nitro groups is 1. The van der Waals surface area contributed by atoms with Crippen molar-refractivity contribution >= 4 is 34.8 Å². The zero-order valence-electron chi connectivity index (χ0n) is 12.9. The van der Waals surface area contributed by atoms with Gasteiger partial charge in [-0.15, -0.1) is 0 Å². The fourth-order valence-corrected chi connectivity index (χ4v) is 2.94. The molecule has 2 heterocycles. The van der Waals surface area contributed by atoms with Crippen molar-refractivity contribution in [2.24, 2.45) is 16.1 Å². The monoisotopic (exact) mass is 332 g/mol. The molecular weight excluding hydrogens is 320 g/mol. The first-order valence-electron chi connectivity index (χ1n) is 7.62. The summed E-state index contributed by atoms with van der Waals surface area (Å²) in [6, 6.07) is 13.7. The largest absolute Gasteiger partial charge is 0.321 e. The van der Waals surface area contributed by atoms with Crippen molar-refractivity contribution in [3.8, 4) is 0 Å². The van der Waals surface area contributed by atoms with Gasteiger partial charge in [-0.25, -0.2) is 0 Å². The van der Waals surface area contributed by atoms with Crippen LogP contribution < -0.4 is 5.32 Å². The van der Waals surface area contributed by atoms with E-state index in [-0.39, 0.29) is 17.5 Å². The molecule has 25 heavy (non-hydrogen) atoms. The van der Waals surface area contributed by atoms with Crippen LogP contribution in [0.2, 0.25) is 0 Å². The van der Waals surface area contributed by atoms with Crippen LogP contribution in [0.25, 0.3) is 5.57 Å². The number of nitro benzene ring substituents is 1. The molecule has 0 fully saturated rings. The van der Waals surface area contributed by atoms with E-state index in [0.29, 0.717) is 16.8 Å². The van der Waals surface area contributed by atoms with E-state index < -0.39 is 4.92 Å². The average molecular weight is 332 g/mol. The molecule has 2 aliphatic heterocycles. The molecule has 0 saturated heterocycles. The van der Waals surface area contributed by atoms with E-state index in [1.165, 1.54) is 12.1 Å². The molecule has 0 bridgehead atoms. The van der Waals surface area contributed by atoms with Gasteiger partial charge in [0.1, 0.15) is 0 Å². The van der Waals surface area contributed by atoms with E-state index in [1.807, 2.05) is 24.3 Å². The average Bonchev–Trinajstić information content (AvgIpc) is 3.20. The number of carbonyl (C=O) groups is 1. The predicted octanol–water partition coefficient (Wildman–Crippen LogP) is 3.04. The Hall–Kier alpha value is -3.61. The number of amides is 1. The van der Waals surface area contributed by atoms with E-state index in [4.69, 9.17) is 0 Å². The number of hydrogen-bond acceptors (Lipinski definition) is 5. The molecule has 4 rings (SSSR count). The third kappa shape index (κ3) is 2.61. The van der Waals surface area contributed by atoms with E-state index in [9.17, 15) is 14.9 Å². The zero-order chi connectivity index (χ0) is 17.4. The molecule has 1 atom stereocenters. The molecule has 1 N–H and O–H groups in total. The number of allylic oxidation sites excluding steroid dienone is 1. The second-order valence-electron chi connectivity index (χ2n) is 5.66. The molecule has 2 aromatic carbocycles. The van der Waals surface area contributed by atoms with Crippen molar-refractivity contribution in [3.05, 3.63) is 75.8 Å². The van der Waals surface area contributed by atoms with Gasteiger partial charge in [-0.2, -0.15) is 10.2 Å². The van der Waals surface area contributed by atoms with Crippen LogP contribution in [0, 0.1) is 16.0 Å². The first-order chi connectivity index (χ1) is 12.1. The first-order valence-corrected chi connectivity index (χ1v) is 7.62. The maximum absolute atomic E-state index is 12.3. The van der Waals surface area contributed by atoms with Gasteiger partial charge < -0.3 is 5.32 Å². The maximum Gasteiger partial charge on any atom is 0.270 e. The highest BCUT2D eigenvalue weighted by molar-refractivity contribution is 6.32. The van der Waals surface area contributed by atoms with Crippen LogP contribution in [0.4, 0.5) is 11.4 Å². The lowest BCUT2D eigenvalue weighted by Crippen LogP contribution is -2.14. The lowest BCUT2D eigenvalue weighted by atomic mass is 9.94. The minimum Gasteiger partial charge on any atom is -0.321 e. The molecule has 1 amide bonds. The summed E-state index contributed by atoms with van der Waals surface area (Å²) in [5.74, 6) is -0.506. The molecule has 0 aliphatic carbocycles. The number of hydrogen-bond donors (Lipinski definition) is 1. The fraction of sp³-hybridized carbons (Fsp3) is 0.0556. The molecule has 0 saturated carbocycles. The SMILES string of the molecule is O=C1Nc2ccccc2/C1=C/C1C=NN=C1c1cccc([N+](=O)[O-])c1. The number of carbonyl (C=O) groups excluding carboxylic acids is 1. The fourth-order valence-electron chi connectivity index (χ4n) is 2.94. The Balaban J connectivity index is 1.71. The van der Waals surface area contributed by atoms with E-state index >= 15 is 0 Å². The van der Waals surface area contributed by atoms with Gasteiger partial charge in [-0.05, 0) is 6.07 Å². The Kier molecular flexibility index (Phi) is 3.46. The summed E-state index contributed by atoms with van der Waals surface area (Å²) < 4.78 is 0. The Bertz CT molecular complexity index is 991. The van der Waals surface area contributed by atoms with Gasteiger partial charge in [-0.3, -0.25) is 14.9 Å². The molecule has 0 radical (unpaired) electrons. The minimum absolute atomic E-state index is 0.0116. The van der Waals surface area contributed by atoms with Gasteiger partial charge in [0.05, 0.1) is 16.6 Å². The second-order valence-corrected chi connectivity index (χ2v) is 5.66. The molecule has 1 unspecified atom stereocenters. The molecule has 122 valence electrons.